The first-order valence-electron chi connectivity index (χ1n) is 6.26. The van der Waals surface area contributed by atoms with E-state index in [0.717, 1.165) is 0 Å². The van der Waals surface area contributed by atoms with E-state index >= 15 is 0 Å². The van der Waals surface area contributed by atoms with Gasteiger partial charge in [-0.15, -0.1) is 5.10 Å². The Morgan fingerprint density at radius 3 is 2.95 bits per heavy atom. The molecule has 1 heterocycles. The van der Waals surface area contributed by atoms with Gasteiger partial charge in [0.25, 0.3) is 0 Å². The van der Waals surface area contributed by atoms with E-state index in [1.165, 1.54) is 18.0 Å². The molecule has 0 radical (unpaired) electrons. The van der Waals surface area contributed by atoms with Crippen molar-refractivity contribution in [2.75, 3.05) is 12.4 Å². The molecule has 1 aromatic carbocycles. The molecule has 7 nitrogen and oxygen atoms in total. The zero-order valence-electron chi connectivity index (χ0n) is 11.3. The predicted molar refractivity (Wildman–Crippen MR) is 83.1 cm³/mol. The molecule has 1 amide bonds. The molecular formula is C12H14BN3O4S. The first-order valence-corrected chi connectivity index (χ1v) is 7.25. The molecule has 0 spiro atoms. The topological polar surface area (TPSA) is 104 Å². The molecule has 1 aliphatic heterocycles. The summed E-state index contributed by atoms with van der Waals surface area (Å²) >= 11 is 1.27. The normalized spacial score (nSPS) is 16.5. The molecule has 110 valence electrons. The Morgan fingerprint density at radius 2 is 2.33 bits per heavy atom. The van der Waals surface area contributed by atoms with Gasteiger partial charge in [0.15, 0.2) is 5.17 Å². The number of carbonyl (C=O) groups excluding carboxylic acids is 1. The van der Waals surface area contributed by atoms with Crippen LogP contribution < -0.4 is 15.5 Å². The van der Waals surface area contributed by atoms with Crippen LogP contribution in [0.5, 0.6) is 5.75 Å². The fourth-order valence-electron chi connectivity index (χ4n) is 1.64. The average molecular weight is 307 g/mol. The van der Waals surface area contributed by atoms with E-state index in [9.17, 15) is 14.8 Å². The number of amides is 1. The summed E-state index contributed by atoms with van der Waals surface area (Å²) in [4.78, 5) is 11.0. The van der Waals surface area contributed by atoms with Crippen molar-refractivity contribution in [1.82, 2.24) is 5.32 Å². The standard InChI is InChI=1S/C12H14BN3O4S/c1-2-20-10-4-3-9(13(18)19)5-8(10)6-14-16-12-15-11(17)7-21-12/h3-6,18-19H,2,7H2,1H3,(H,15,16,17). The van der Waals surface area contributed by atoms with Gasteiger partial charge in [-0.3, -0.25) is 4.79 Å². The molecule has 0 aromatic heterocycles. The SMILES string of the molecule is CCOc1ccc(B(O)O)cc1C=NN=C1NC(=O)CS1. The van der Waals surface area contributed by atoms with Crippen LogP contribution in [0.2, 0.25) is 0 Å². The maximum Gasteiger partial charge on any atom is 0.488 e. The molecule has 0 atom stereocenters. The summed E-state index contributed by atoms with van der Waals surface area (Å²) in [7, 11) is -1.57. The first-order chi connectivity index (χ1) is 10.1. The van der Waals surface area contributed by atoms with Crippen molar-refractivity contribution in [2.45, 2.75) is 6.92 Å². The predicted octanol–water partition coefficient (Wildman–Crippen LogP) is -0.682. The Hall–Kier alpha value is -1.84. The monoisotopic (exact) mass is 307 g/mol. The average Bonchev–Trinajstić information content (AvgIpc) is 2.86. The van der Waals surface area contributed by atoms with Crippen LogP contribution in [-0.2, 0) is 4.79 Å². The van der Waals surface area contributed by atoms with Crippen molar-refractivity contribution in [2.24, 2.45) is 10.2 Å². The molecule has 0 aliphatic carbocycles. The number of ether oxygens (including phenoxy) is 1. The summed E-state index contributed by atoms with van der Waals surface area (Å²) in [5, 5.41) is 29.1. The van der Waals surface area contributed by atoms with Gasteiger partial charge in [0.1, 0.15) is 5.75 Å². The molecule has 1 aliphatic rings. The molecule has 1 fully saturated rings. The third kappa shape index (κ3) is 4.32. The number of nitrogens with one attached hydrogen (secondary N) is 1. The lowest BCUT2D eigenvalue weighted by Gasteiger charge is -2.08. The number of hydrogen-bond donors (Lipinski definition) is 3. The number of nitrogens with zero attached hydrogens (tertiary/aromatic N) is 2. The van der Waals surface area contributed by atoms with Gasteiger partial charge in [0, 0.05) is 5.56 Å². The minimum Gasteiger partial charge on any atom is -0.493 e. The number of carbonyl (C=O) groups is 1. The zero-order valence-corrected chi connectivity index (χ0v) is 12.1. The van der Waals surface area contributed by atoms with Gasteiger partial charge in [0.05, 0.1) is 18.6 Å². The highest BCUT2D eigenvalue weighted by Gasteiger charge is 2.16. The second-order valence-electron chi connectivity index (χ2n) is 4.09. The lowest BCUT2D eigenvalue weighted by molar-refractivity contribution is -0.116. The molecule has 21 heavy (non-hydrogen) atoms. The lowest BCUT2D eigenvalue weighted by atomic mass is 9.79. The Bertz CT molecular complexity index is 592. The Labute approximate surface area is 126 Å². The van der Waals surface area contributed by atoms with Gasteiger partial charge in [-0.05, 0) is 24.5 Å². The number of rotatable bonds is 5. The highest BCUT2D eigenvalue weighted by molar-refractivity contribution is 8.15. The largest absolute Gasteiger partial charge is 0.493 e. The van der Waals surface area contributed by atoms with E-state index in [4.69, 9.17) is 4.74 Å². The van der Waals surface area contributed by atoms with E-state index in [-0.39, 0.29) is 5.91 Å². The molecule has 0 saturated carbocycles. The first kappa shape index (κ1) is 15.6. The van der Waals surface area contributed by atoms with E-state index in [0.29, 0.717) is 34.3 Å². The molecule has 0 unspecified atom stereocenters. The fourth-order valence-corrected chi connectivity index (χ4v) is 2.27. The highest BCUT2D eigenvalue weighted by Crippen LogP contribution is 2.15. The van der Waals surface area contributed by atoms with Gasteiger partial charge in [0.2, 0.25) is 5.91 Å². The van der Waals surface area contributed by atoms with Gasteiger partial charge in [-0.1, -0.05) is 17.8 Å². The summed E-state index contributed by atoms with van der Waals surface area (Å²) < 4.78 is 5.43. The second kappa shape index (κ2) is 7.25. The summed E-state index contributed by atoms with van der Waals surface area (Å²) in [6.07, 6.45) is 1.44. The molecule has 1 aromatic rings. The summed E-state index contributed by atoms with van der Waals surface area (Å²) in [6.45, 7) is 2.32. The highest BCUT2D eigenvalue weighted by atomic mass is 32.2. The van der Waals surface area contributed by atoms with Crippen LogP contribution in [0.3, 0.4) is 0 Å². The maximum atomic E-state index is 11.0. The van der Waals surface area contributed by atoms with E-state index in [2.05, 4.69) is 15.5 Å². The fraction of sp³-hybridized carbons (Fsp3) is 0.250. The Balaban J connectivity index is 2.19. The van der Waals surface area contributed by atoms with E-state index in [1.807, 2.05) is 6.92 Å². The van der Waals surface area contributed by atoms with Crippen LogP contribution in [0.1, 0.15) is 12.5 Å². The van der Waals surface area contributed by atoms with Gasteiger partial charge in [-0.25, -0.2) is 0 Å². The number of amidine groups is 1. The van der Waals surface area contributed by atoms with E-state index < -0.39 is 7.12 Å². The van der Waals surface area contributed by atoms with Crippen molar-refractivity contribution in [3.05, 3.63) is 23.8 Å². The van der Waals surface area contributed by atoms with Crippen LogP contribution in [0, 0.1) is 0 Å². The van der Waals surface area contributed by atoms with Crippen LogP contribution in [0.4, 0.5) is 0 Å². The molecule has 9 heteroatoms. The Kier molecular flexibility index (Phi) is 5.37. The zero-order chi connectivity index (χ0) is 15.2. The molecule has 2 rings (SSSR count). The lowest BCUT2D eigenvalue weighted by Crippen LogP contribution is -2.30. The smallest absolute Gasteiger partial charge is 0.488 e. The summed E-state index contributed by atoms with van der Waals surface area (Å²) in [5.74, 6) is 0.799. The summed E-state index contributed by atoms with van der Waals surface area (Å²) in [6, 6.07) is 4.75. The van der Waals surface area contributed by atoms with Gasteiger partial charge in [-0.2, -0.15) is 5.10 Å². The summed E-state index contributed by atoms with van der Waals surface area (Å²) in [5.41, 5.74) is 0.900. The van der Waals surface area contributed by atoms with Crippen LogP contribution in [-0.4, -0.2) is 46.8 Å². The Morgan fingerprint density at radius 1 is 1.52 bits per heavy atom. The van der Waals surface area contributed by atoms with Gasteiger partial charge >= 0.3 is 7.12 Å². The van der Waals surface area contributed by atoms with Crippen LogP contribution in [0.15, 0.2) is 28.4 Å². The molecule has 3 N–H and O–H groups in total. The quantitative estimate of drug-likeness (QED) is 0.380. The van der Waals surface area contributed by atoms with Crippen molar-refractivity contribution < 1.29 is 19.6 Å². The minimum atomic E-state index is -1.57. The molecule has 1 saturated heterocycles. The number of thioether (sulfide) groups is 1. The minimum absolute atomic E-state index is 0.102. The number of hydrogen-bond acceptors (Lipinski definition) is 7. The van der Waals surface area contributed by atoms with Crippen molar-refractivity contribution in [3.8, 4) is 5.75 Å². The number of benzene rings is 1. The van der Waals surface area contributed by atoms with Crippen molar-refractivity contribution in [1.29, 1.82) is 0 Å². The third-order valence-electron chi connectivity index (χ3n) is 2.56. The van der Waals surface area contributed by atoms with E-state index in [1.54, 1.807) is 18.2 Å². The van der Waals surface area contributed by atoms with Gasteiger partial charge < -0.3 is 20.1 Å². The van der Waals surface area contributed by atoms with Crippen LogP contribution in [0.25, 0.3) is 0 Å². The molecule has 0 bridgehead atoms. The van der Waals surface area contributed by atoms with Crippen molar-refractivity contribution in [3.63, 3.8) is 0 Å². The van der Waals surface area contributed by atoms with Crippen LogP contribution >= 0.6 is 11.8 Å². The second-order valence-corrected chi connectivity index (χ2v) is 5.05. The maximum absolute atomic E-state index is 11.0. The van der Waals surface area contributed by atoms with Crippen molar-refractivity contribution >= 4 is 41.6 Å². The molecular weight excluding hydrogens is 293 g/mol. The third-order valence-corrected chi connectivity index (χ3v) is 3.43.